The van der Waals surface area contributed by atoms with Gasteiger partial charge in [-0.15, -0.1) is 0 Å². The predicted octanol–water partition coefficient (Wildman–Crippen LogP) is 7.01. The number of aryl methyl sites for hydroxylation is 2. The Kier molecular flexibility index (Phi) is 2.90. The second-order valence-electron chi connectivity index (χ2n) is 6.86. The summed E-state index contributed by atoms with van der Waals surface area (Å²) >= 11 is 0. The standard InChI is InChI=1S/C24H17F/c1-14-6-3-4-8-18(14)22-15(2)12-17-11-10-16-7-5-9-19-21(25)13-20(22)24(17)23(16)19/h3-13H,1-2H3. The van der Waals surface area contributed by atoms with E-state index in [1.165, 1.54) is 27.5 Å². The van der Waals surface area contributed by atoms with Crippen molar-refractivity contribution in [1.82, 2.24) is 0 Å². The third-order valence-corrected chi connectivity index (χ3v) is 5.33. The summed E-state index contributed by atoms with van der Waals surface area (Å²) in [6, 6.07) is 22.4. The van der Waals surface area contributed by atoms with Crippen LogP contribution in [-0.4, -0.2) is 0 Å². The van der Waals surface area contributed by atoms with Crippen LogP contribution in [0.3, 0.4) is 0 Å². The first-order chi connectivity index (χ1) is 12.1. The fourth-order valence-corrected chi connectivity index (χ4v) is 4.21. The van der Waals surface area contributed by atoms with E-state index < -0.39 is 0 Å². The van der Waals surface area contributed by atoms with Gasteiger partial charge in [0.05, 0.1) is 0 Å². The fourth-order valence-electron chi connectivity index (χ4n) is 4.21. The molecule has 0 aliphatic heterocycles. The lowest BCUT2D eigenvalue weighted by Gasteiger charge is -2.18. The van der Waals surface area contributed by atoms with Crippen LogP contribution in [0.5, 0.6) is 0 Å². The van der Waals surface area contributed by atoms with Gasteiger partial charge in [0.2, 0.25) is 0 Å². The second kappa shape index (κ2) is 5.03. The van der Waals surface area contributed by atoms with E-state index >= 15 is 0 Å². The zero-order chi connectivity index (χ0) is 17.1. The van der Waals surface area contributed by atoms with Crippen molar-refractivity contribution in [2.75, 3.05) is 0 Å². The van der Waals surface area contributed by atoms with Crippen molar-refractivity contribution < 1.29 is 4.39 Å². The van der Waals surface area contributed by atoms with Gasteiger partial charge < -0.3 is 0 Å². The Bertz CT molecular complexity index is 1260. The normalized spacial score (nSPS) is 11.8. The van der Waals surface area contributed by atoms with Crippen molar-refractivity contribution in [1.29, 1.82) is 0 Å². The molecular formula is C24H17F. The van der Waals surface area contributed by atoms with Gasteiger partial charge in [0.15, 0.2) is 0 Å². The first kappa shape index (κ1) is 14.4. The lowest BCUT2D eigenvalue weighted by atomic mass is 9.86. The van der Waals surface area contributed by atoms with Crippen LogP contribution in [0.4, 0.5) is 4.39 Å². The highest BCUT2D eigenvalue weighted by molar-refractivity contribution is 6.26. The van der Waals surface area contributed by atoms with Gasteiger partial charge in [-0.3, -0.25) is 0 Å². The molecule has 25 heavy (non-hydrogen) atoms. The third kappa shape index (κ3) is 1.93. The molecule has 0 nitrogen and oxygen atoms in total. The molecule has 0 amide bonds. The van der Waals surface area contributed by atoms with Crippen LogP contribution >= 0.6 is 0 Å². The topological polar surface area (TPSA) is 0 Å². The minimum absolute atomic E-state index is 0.147. The Balaban J connectivity index is 2.08. The molecule has 0 unspecified atom stereocenters. The van der Waals surface area contributed by atoms with Gasteiger partial charge >= 0.3 is 0 Å². The monoisotopic (exact) mass is 324 g/mol. The van der Waals surface area contributed by atoms with Crippen molar-refractivity contribution in [2.24, 2.45) is 0 Å². The number of benzene rings is 5. The Morgan fingerprint density at radius 1 is 0.640 bits per heavy atom. The highest BCUT2D eigenvalue weighted by atomic mass is 19.1. The summed E-state index contributed by atoms with van der Waals surface area (Å²) in [5.74, 6) is -0.147. The summed E-state index contributed by atoms with van der Waals surface area (Å²) in [5, 5.41) is 6.17. The average molecular weight is 324 g/mol. The van der Waals surface area contributed by atoms with Crippen molar-refractivity contribution in [2.45, 2.75) is 13.8 Å². The molecule has 0 N–H and O–H groups in total. The van der Waals surface area contributed by atoms with Crippen LogP contribution in [0, 0.1) is 19.7 Å². The molecule has 0 aliphatic rings. The minimum atomic E-state index is -0.147. The van der Waals surface area contributed by atoms with Gasteiger partial charge in [-0.1, -0.05) is 60.7 Å². The molecule has 0 heterocycles. The van der Waals surface area contributed by atoms with Crippen LogP contribution in [0.2, 0.25) is 0 Å². The Hall–Kier alpha value is -2.93. The number of hydrogen-bond acceptors (Lipinski definition) is 0. The third-order valence-electron chi connectivity index (χ3n) is 5.33. The zero-order valence-electron chi connectivity index (χ0n) is 14.2. The largest absolute Gasteiger partial charge is 0.206 e. The summed E-state index contributed by atoms with van der Waals surface area (Å²) in [6.07, 6.45) is 0. The maximum Gasteiger partial charge on any atom is 0.131 e. The molecule has 0 saturated carbocycles. The quantitative estimate of drug-likeness (QED) is 0.291. The molecule has 0 aromatic heterocycles. The van der Waals surface area contributed by atoms with E-state index in [0.29, 0.717) is 5.39 Å². The molecule has 0 spiro atoms. The zero-order valence-corrected chi connectivity index (χ0v) is 14.2. The highest BCUT2D eigenvalue weighted by Gasteiger charge is 2.17. The lowest BCUT2D eigenvalue weighted by molar-refractivity contribution is 0.641. The maximum atomic E-state index is 15.0. The summed E-state index contributed by atoms with van der Waals surface area (Å²) in [7, 11) is 0. The maximum absolute atomic E-state index is 15.0. The summed E-state index contributed by atoms with van der Waals surface area (Å²) < 4.78 is 15.0. The first-order valence-corrected chi connectivity index (χ1v) is 8.58. The fraction of sp³-hybridized carbons (Fsp3) is 0.0833. The van der Waals surface area contributed by atoms with Crippen molar-refractivity contribution in [3.63, 3.8) is 0 Å². The average Bonchev–Trinajstić information content (AvgIpc) is 2.61. The van der Waals surface area contributed by atoms with Crippen molar-refractivity contribution >= 4 is 32.3 Å². The molecule has 0 radical (unpaired) electrons. The van der Waals surface area contributed by atoms with E-state index in [0.717, 1.165) is 21.7 Å². The first-order valence-electron chi connectivity index (χ1n) is 8.58. The van der Waals surface area contributed by atoms with E-state index in [4.69, 9.17) is 0 Å². The number of rotatable bonds is 1. The molecule has 0 bridgehead atoms. The Labute approximate surface area is 145 Å². The summed E-state index contributed by atoms with van der Waals surface area (Å²) in [5.41, 5.74) is 4.71. The van der Waals surface area contributed by atoms with Crippen molar-refractivity contribution in [3.8, 4) is 11.1 Å². The van der Waals surface area contributed by atoms with E-state index in [2.05, 4.69) is 56.3 Å². The molecule has 5 aromatic carbocycles. The highest BCUT2D eigenvalue weighted by Crippen LogP contribution is 2.42. The van der Waals surface area contributed by atoms with Gasteiger partial charge in [0.1, 0.15) is 5.82 Å². The van der Waals surface area contributed by atoms with E-state index in [9.17, 15) is 4.39 Å². The minimum Gasteiger partial charge on any atom is -0.206 e. The molecule has 120 valence electrons. The molecule has 5 aromatic rings. The molecular weight excluding hydrogens is 307 g/mol. The molecule has 0 aliphatic carbocycles. The van der Waals surface area contributed by atoms with Crippen LogP contribution in [0.15, 0.2) is 66.7 Å². The van der Waals surface area contributed by atoms with E-state index in [-0.39, 0.29) is 5.82 Å². The summed E-state index contributed by atoms with van der Waals surface area (Å²) in [4.78, 5) is 0. The number of hydrogen-bond donors (Lipinski definition) is 0. The Morgan fingerprint density at radius 3 is 2.24 bits per heavy atom. The lowest BCUT2D eigenvalue weighted by Crippen LogP contribution is -1.94. The molecule has 5 rings (SSSR count). The Morgan fingerprint density at radius 2 is 1.40 bits per heavy atom. The van der Waals surface area contributed by atoms with E-state index in [1.807, 2.05) is 18.2 Å². The molecule has 0 saturated heterocycles. The van der Waals surface area contributed by atoms with Crippen LogP contribution in [0.1, 0.15) is 11.1 Å². The number of halogens is 1. The van der Waals surface area contributed by atoms with Crippen LogP contribution < -0.4 is 0 Å². The van der Waals surface area contributed by atoms with Gasteiger partial charge in [-0.25, -0.2) is 4.39 Å². The molecule has 0 fully saturated rings. The smallest absolute Gasteiger partial charge is 0.131 e. The second-order valence-corrected chi connectivity index (χ2v) is 6.86. The molecule has 1 heteroatoms. The predicted molar refractivity (Wildman–Crippen MR) is 105 cm³/mol. The van der Waals surface area contributed by atoms with Gasteiger partial charge in [0.25, 0.3) is 0 Å². The van der Waals surface area contributed by atoms with Gasteiger partial charge in [-0.05, 0) is 63.7 Å². The van der Waals surface area contributed by atoms with Gasteiger partial charge in [-0.2, -0.15) is 0 Å². The van der Waals surface area contributed by atoms with Crippen LogP contribution in [-0.2, 0) is 0 Å². The van der Waals surface area contributed by atoms with Gasteiger partial charge in [0, 0.05) is 10.8 Å². The van der Waals surface area contributed by atoms with E-state index in [1.54, 1.807) is 6.07 Å². The van der Waals surface area contributed by atoms with Crippen molar-refractivity contribution in [3.05, 3.63) is 83.7 Å². The van der Waals surface area contributed by atoms with Crippen LogP contribution in [0.25, 0.3) is 43.4 Å². The SMILES string of the molecule is Cc1ccccc1-c1c(C)cc2ccc3cccc4c(F)cc1c2c34. The summed E-state index contributed by atoms with van der Waals surface area (Å²) in [6.45, 7) is 4.23. The molecule has 0 atom stereocenters.